The summed E-state index contributed by atoms with van der Waals surface area (Å²) >= 11 is 12.3. The molecule has 1 amide bonds. The number of nitriles is 1. The van der Waals surface area contributed by atoms with Crippen LogP contribution in [0.4, 0.5) is 10.1 Å². The van der Waals surface area contributed by atoms with Gasteiger partial charge in [0.1, 0.15) is 24.1 Å². The van der Waals surface area contributed by atoms with Crippen molar-refractivity contribution in [3.63, 3.8) is 0 Å². The molecule has 0 atom stereocenters. The lowest BCUT2D eigenvalue weighted by Crippen LogP contribution is -2.13. The molecule has 0 saturated heterocycles. The van der Waals surface area contributed by atoms with Crippen molar-refractivity contribution in [3.8, 4) is 17.6 Å². The maximum atomic E-state index is 13.9. The predicted molar refractivity (Wildman–Crippen MR) is 127 cm³/mol. The summed E-state index contributed by atoms with van der Waals surface area (Å²) in [5.74, 6) is -0.454. The molecular weight excluding hydrogens is 466 g/mol. The lowest BCUT2D eigenvalue weighted by molar-refractivity contribution is -0.112. The lowest BCUT2D eigenvalue weighted by Gasteiger charge is -2.15. The van der Waals surface area contributed by atoms with E-state index < -0.39 is 11.7 Å². The average molecular weight is 485 g/mol. The summed E-state index contributed by atoms with van der Waals surface area (Å²) in [5, 5.41) is 12.8. The number of hydrogen-bond donors (Lipinski definition) is 1. The topological polar surface area (TPSA) is 71.3 Å². The van der Waals surface area contributed by atoms with Crippen LogP contribution in [0.1, 0.15) is 18.1 Å². The zero-order valence-corrected chi connectivity index (χ0v) is 19.1. The molecule has 0 fully saturated rings. The molecule has 0 aromatic heterocycles. The van der Waals surface area contributed by atoms with Gasteiger partial charge < -0.3 is 14.8 Å². The summed E-state index contributed by atoms with van der Waals surface area (Å²) in [6, 6.07) is 17.8. The van der Waals surface area contributed by atoms with Gasteiger partial charge in [0.15, 0.2) is 11.5 Å². The van der Waals surface area contributed by atoms with E-state index in [4.69, 9.17) is 32.7 Å². The van der Waals surface area contributed by atoms with Crippen LogP contribution < -0.4 is 14.8 Å². The summed E-state index contributed by atoms with van der Waals surface area (Å²) in [4.78, 5) is 12.5. The minimum absolute atomic E-state index is 0.0485. The predicted octanol–water partition coefficient (Wildman–Crippen LogP) is 6.66. The van der Waals surface area contributed by atoms with E-state index in [1.54, 1.807) is 55.5 Å². The number of halogens is 3. The maximum Gasteiger partial charge on any atom is 0.266 e. The number of carbonyl (C=O) groups is 1. The van der Waals surface area contributed by atoms with Crippen molar-refractivity contribution in [3.05, 3.63) is 93.2 Å². The molecule has 0 radical (unpaired) electrons. The third-order valence-corrected chi connectivity index (χ3v) is 4.94. The number of amides is 1. The van der Waals surface area contributed by atoms with Gasteiger partial charge in [-0.3, -0.25) is 4.79 Å². The summed E-state index contributed by atoms with van der Waals surface area (Å²) in [5.41, 5.74) is 1.14. The third-order valence-electron chi connectivity index (χ3n) is 4.42. The van der Waals surface area contributed by atoms with Crippen LogP contribution in [0.2, 0.25) is 10.0 Å². The zero-order valence-electron chi connectivity index (χ0n) is 17.6. The van der Waals surface area contributed by atoms with E-state index in [1.807, 2.05) is 6.07 Å². The summed E-state index contributed by atoms with van der Waals surface area (Å²) in [7, 11) is 0. The fourth-order valence-corrected chi connectivity index (χ4v) is 3.38. The van der Waals surface area contributed by atoms with Crippen molar-refractivity contribution in [1.82, 2.24) is 0 Å². The molecule has 5 nitrogen and oxygen atoms in total. The van der Waals surface area contributed by atoms with E-state index >= 15 is 0 Å². The van der Waals surface area contributed by atoms with Crippen molar-refractivity contribution in [2.75, 3.05) is 11.9 Å². The van der Waals surface area contributed by atoms with Gasteiger partial charge in [-0.05, 0) is 55.0 Å². The van der Waals surface area contributed by atoms with Gasteiger partial charge in [0.25, 0.3) is 5.91 Å². The Bertz CT molecular complexity index is 1240. The second-order valence-electron chi connectivity index (χ2n) is 6.78. The van der Waals surface area contributed by atoms with E-state index in [1.165, 1.54) is 18.2 Å². The Kier molecular flexibility index (Phi) is 8.31. The highest BCUT2D eigenvalue weighted by molar-refractivity contribution is 6.32. The number of ether oxygens (including phenoxy) is 2. The SMILES string of the molecule is CCOc1cc(/C=C(\C#N)C(=O)Nc2cccc(Cl)c2)cc(Cl)c1OCc1ccccc1F. The van der Waals surface area contributed by atoms with Crippen LogP contribution in [0.3, 0.4) is 0 Å². The molecule has 0 bridgehead atoms. The first-order valence-corrected chi connectivity index (χ1v) is 10.7. The molecule has 1 N–H and O–H groups in total. The quantitative estimate of drug-likeness (QED) is 0.286. The highest BCUT2D eigenvalue weighted by Gasteiger charge is 2.15. The Morgan fingerprint density at radius 1 is 1.12 bits per heavy atom. The summed E-state index contributed by atoms with van der Waals surface area (Å²) < 4.78 is 25.3. The van der Waals surface area contributed by atoms with Crippen LogP contribution in [0.15, 0.2) is 66.2 Å². The monoisotopic (exact) mass is 484 g/mol. The molecule has 8 heteroatoms. The molecule has 0 aliphatic heterocycles. The van der Waals surface area contributed by atoms with Crippen LogP contribution in [0, 0.1) is 17.1 Å². The van der Waals surface area contributed by atoms with Gasteiger partial charge in [-0.2, -0.15) is 5.26 Å². The van der Waals surface area contributed by atoms with Gasteiger partial charge in [0, 0.05) is 16.3 Å². The van der Waals surface area contributed by atoms with Crippen LogP contribution in [0.5, 0.6) is 11.5 Å². The summed E-state index contributed by atoms with van der Waals surface area (Å²) in [6.45, 7) is 2.06. The number of rotatable bonds is 8. The van der Waals surface area contributed by atoms with Gasteiger partial charge in [0.05, 0.1) is 11.6 Å². The average Bonchev–Trinajstić information content (AvgIpc) is 2.78. The molecule has 0 unspecified atom stereocenters. The number of carbonyl (C=O) groups excluding carboxylic acids is 1. The largest absolute Gasteiger partial charge is 0.490 e. The molecule has 0 saturated carbocycles. The highest BCUT2D eigenvalue weighted by Crippen LogP contribution is 2.38. The van der Waals surface area contributed by atoms with Gasteiger partial charge in [0.2, 0.25) is 0 Å². The number of benzene rings is 3. The van der Waals surface area contributed by atoms with Crippen molar-refractivity contribution >= 4 is 40.9 Å². The summed E-state index contributed by atoms with van der Waals surface area (Å²) in [6.07, 6.45) is 1.38. The van der Waals surface area contributed by atoms with Crippen molar-refractivity contribution in [2.45, 2.75) is 13.5 Å². The second kappa shape index (κ2) is 11.4. The lowest BCUT2D eigenvalue weighted by atomic mass is 10.1. The highest BCUT2D eigenvalue weighted by atomic mass is 35.5. The Labute approximate surface area is 201 Å². The Morgan fingerprint density at radius 2 is 1.91 bits per heavy atom. The molecule has 3 aromatic carbocycles. The number of anilines is 1. The van der Waals surface area contributed by atoms with E-state index in [2.05, 4.69) is 5.32 Å². The van der Waals surface area contributed by atoms with Gasteiger partial charge in [-0.1, -0.05) is 47.5 Å². The first-order chi connectivity index (χ1) is 15.9. The zero-order chi connectivity index (χ0) is 23.8. The molecule has 3 rings (SSSR count). The molecule has 33 heavy (non-hydrogen) atoms. The minimum Gasteiger partial charge on any atom is -0.490 e. The molecule has 0 aliphatic rings. The fourth-order valence-electron chi connectivity index (χ4n) is 2.92. The van der Waals surface area contributed by atoms with E-state index in [9.17, 15) is 14.4 Å². The molecule has 3 aromatic rings. The Morgan fingerprint density at radius 3 is 2.61 bits per heavy atom. The molecule has 0 spiro atoms. The van der Waals surface area contributed by atoms with Crippen LogP contribution in [-0.2, 0) is 11.4 Å². The normalized spacial score (nSPS) is 10.9. The van der Waals surface area contributed by atoms with Crippen molar-refractivity contribution < 1.29 is 18.7 Å². The van der Waals surface area contributed by atoms with E-state index in [-0.39, 0.29) is 23.0 Å². The number of hydrogen-bond acceptors (Lipinski definition) is 4. The fraction of sp³-hybridized carbons (Fsp3) is 0.120. The van der Waals surface area contributed by atoms with E-state index in [0.29, 0.717) is 34.2 Å². The first-order valence-electron chi connectivity index (χ1n) is 9.92. The minimum atomic E-state index is -0.603. The standard InChI is InChI=1S/C25H19Cl2FN2O3/c1-2-32-23-12-16(10-18(14-29)25(31)30-20-8-5-7-19(26)13-20)11-21(27)24(23)33-15-17-6-3-4-9-22(17)28/h3-13H,2,15H2,1H3,(H,30,31)/b18-10+. The van der Waals surface area contributed by atoms with Gasteiger partial charge in [-0.15, -0.1) is 0 Å². The van der Waals surface area contributed by atoms with Crippen LogP contribution >= 0.6 is 23.2 Å². The smallest absolute Gasteiger partial charge is 0.266 e. The molecule has 0 aliphatic carbocycles. The molecule has 0 heterocycles. The van der Waals surface area contributed by atoms with Gasteiger partial charge in [-0.25, -0.2) is 4.39 Å². The molecule has 168 valence electrons. The number of nitrogens with zero attached hydrogens (tertiary/aromatic N) is 1. The third kappa shape index (κ3) is 6.48. The first kappa shape index (κ1) is 24.1. The van der Waals surface area contributed by atoms with Crippen LogP contribution in [0.25, 0.3) is 6.08 Å². The Hall–Kier alpha value is -3.53. The van der Waals surface area contributed by atoms with E-state index in [0.717, 1.165) is 0 Å². The van der Waals surface area contributed by atoms with Gasteiger partial charge >= 0.3 is 0 Å². The van der Waals surface area contributed by atoms with Crippen molar-refractivity contribution in [2.24, 2.45) is 0 Å². The second-order valence-corrected chi connectivity index (χ2v) is 7.62. The van der Waals surface area contributed by atoms with Crippen LogP contribution in [-0.4, -0.2) is 12.5 Å². The van der Waals surface area contributed by atoms with Crippen molar-refractivity contribution in [1.29, 1.82) is 5.26 Å². The molecular formula is C25H19Cl2FN2O3. The number of nitrogens with one attached hydrogen (secondary N) is 1. The Balaban J connectivity index is 1.86. The maximum absolute atomic E-state index is 13.9.